The fourth-order valence-corrected chi connectivity index (χ4v) is 6.31. The largest absolute Gasteiger partial charge is 0.472 e. The van der Waals surface area contributed by atoms with Crippen molar-refractivity contribution in [2.45, 2.75) is 199 Å². The highest BCUT2D eigenvalue weighted by molar-refractivity contribution is 7.47. The Morgan fingerprint density at radius 2 is 0.980 bits per heavy atom. The normalized spacial score (nSPS) is 14.1. The van der Waals surface area contributed by atoms with Gasteiger partial charge in [0, 0.05) is 12.8 Å². The summed E-state index contributed by atoms with van der Waals surface area (Å²) >= 11 is 0. The number of hydrogen-bond acceptors (Lipinski definition) is 9. The fraction of sp³-hybridized carbons (Fsp3) is 0.897. The molecule has 0 saturated heterocycles. The monoisotopic (exact) mass is 735 g/mol. The van der Waals surface area contributed by atoms with Gasteiger partial charge in [-0.2, -0.15) is 0 Å². The van der Waals surface area contributed by atoms with Crippen molar-refractivity contribution >= 4 is 19.8 Å². The van der Waals surface area contributed by atoms with E-state index in [0.717, 1.165) is 44.9 Å². The number of aliphatic hydroxyl groups excluding tert-OH is 2. The zero-order valence-corrected chi connectivity index (χ0v) is 32.8. The molecule has 0 aliphatic carbocycles. The number of esters is 2. The van der Waals surface area contributed by atoms with Crippen molar-refractivity contribution in [2.75, 3.05) is 26.4 Å². The van der Waals surface area contributed by atoms with Gasteiger partial charge >= 0.3 is 19.8 Å². The molecule has 0 rings (SSSR count). The summed E-state index contributed by atoms with van der Waals surface area (Å²) in [6, 6.07) is 0. The first-order valence-corrected chi connectivity index (χ1v) is 21.6. The van der Waals surface area contributed by atoms with Crippen molar-refractivity contribution < 1.29 is 47.8 Å². The molecule has 0 amide bonds. The molecular weight excluding hydrogens is 659 g/mol. The first-order valence-electron chi connectivity index (χ1n) is 20.1. The molecule has 1 unspecified atom stereocenters. The summed E-state index contributed by atoms with van der Waals surface area (Å²) in [4.78, 5) is 34.8. The number of ether oxygens (including phenoxy) is 2. The van der Waals surface area contributed by atoms with Crippen LogP contribution in [0.15, 0.2) is 12.2 Å². The van der Waals surface area contributed by atoms with Gasteiger partial charge in [-0.15, -0.1) is 0 Å². The van der Waals surface area contributed by atoms with E-state index >= 15 is 0 Å². The van der Waals surface area contributed by atoms with E-state index < -0.39 is 51.8 Å². The summed E-state index contributed by atoms with van der Waals surface area (Å²) in [5.41, 5.74) is 0. The zero-order valence-electron chi connectivity index (χ0n) is 31.9. The lowest BCUT2D eigenvalue weighted by Gasteiger charge is -2.20. The summed E-state index contributed by atoms with van der Waals surface area (Å²) in [6.45, 7) is 2.36. The van der Waals surface area contributed by atoms with Crippen molar-refractivity contribution in [1.29, 1.82) is 0 Å². The molecule has 11 heteroatoms. The van der Waals surface area contributed by atoms with Crippen molar-refractivity contribution in [3.05, 3.63) is 12.2 Å². The second kappa shape index (κ2) is 36.1. The van der Waals surface area contributed by atoms with E-state index in [1.54, 1.807) is 0 Å². The highest BCUT2D eigenvalue weighted by atomic mass is 31.2. The smallest absolute Gasteiger partial charge is 0.462 e. The molecule has 50 heavy (non-hydrogen) atoms. The number of phosphoric ester groups is 1. The minimum absolute atomic E-state index is 0.183. The minimum Gasteiger partial charge on any atom is -0.462 e. The Balaban J connectivity index is 4.30. The van der Waals surface area contributed by atoms with Crippen LogP contribution >= 0.6 is 7.82 Å². The van der Waals surface area contributed by atoms with E-state index in [4.69, 9.17) is 19.1 Å². The van der Waals surface area contributed by atoms with E-state index in [-0.39, 0.29) is 19.4 Å². The van der Waals surface area contributed by atoms with Crippen LogP contribution < -0.4 is 0 Å². The molecule has 296 valence electrons. The molecule has 0 aromatic rings. The fourth-order valence-electron chi connectivity index (χ4n) is 5.52. The molecule has 0 aromatic carbocycles. The van der Waals surface area contributed by atoms with Gasteiger partial charge < -0.3 is 24.6 Å². The maximum absolute atomic E-state index is 12.6. The molecule has 0 fully saturated rings. The summed E-state index contributed by atoms with van der Waals surface area (Å²) in [5, 5.41) is 18.3. The van der Waals surface area contributed by atoms with Gasteiger partial charge in [0.1, 0.15) is 12.7 Å². The van der Waals surface area contributed by atoms with Gasteiger partial charge in [0.05, 0.1) is 19.8 Å². The molecule has 0 radical (unpaired) electrons. The quantitative estimate of drug-likeness (QED) is 0.0242. The minimum atomic E-state index is -4.61. The summed E-state index contributed by atoms with van der Waals surface area (Å²) in [5.74, 6) is -0.925. The molecule has 0 aliphatic heterocycles. The Morgan fingerprint density at radius 1 is 0.580 bits per heavy atom. The Bertz CT molecular complexity index is 853. The van der Waals surface area contributed by atoms with Crippen LogP contribution in [-0.4, -0.2) is 65.7 Å². The third-order valence-electron chi connectivity index (χ3n) is 8.67. The standard InChI is InChI=1S/C39H75O10P/c1-3-5-7-9-11-13-15-16-17-18-19-20-21-23-25-27-29-31-39(43)49-37(35-48-50(44,45)47-33-36(41)32-40)34-46-38(42)30-28-26-24-22-14-12-10-8-6-4-2/h16-17,36-37,40-41H,3-15,18-35H2,1-2H3,(H,44,45)/b17-16-/t36-,37+/m0/s1. The molecule has 10 nitrogen and oxygen atoms in total. The SMILES string of the molecule is CCCCCCCC/C=C\CCCCCCCCCC(=O)O[C@H](COC(=O)CCCCCCCCCCCC)COP(=O)(O)OC[C@@H](O)CO. The van der Waals surface area contributed by atoms with Crippen molar-refractivity contribution in [3.8, 4) is 0 Å². The van der Waals surface area contributed by atoms with Gasteiger partial charge in [-0.25, -0.2) is 4.57 Å². The number of phosphoric acid groups is 1. The Hall–Kier alpha value is -1.29. The molecule has 0 saturated carbocycles. The number of carbonyl (C=O) groups excluding carboxylic acids is 2. The number of carbonyl (C=O) groups is 2. The zero-order chi connectivity index (χ0) is 37.0. The van der Waals surface area contributed by atoms with Crippen LogP contribution in [0.4, 0.5) is 0 Å². The van der Waals surface area contributed by atoms with E-state index in [9.17, 15) is 24.2 Å². The molecule has 0 aromatic heterocycles. The van der Waals surface area contributed by atoms with Crippen LogP contribution in [-0.2, 0) is 32.7 Å². The third-order valence-corrected chi connectivity index (χ3v) is 9.62. The highest BCUT2D eigenvalue weighted by Gasteiger charge is 2.27. The highest BCUT2D eigenvalue weighted by Crippen LogP contribution is 2.43. The van der Waals surface area contributed by atoms with Crippen molar-refractivity contribution in [2.24, 2.45) is 0 Å². The van der Waals surface area contributed by atoms with Gasteiger partial charge in [-0.1, -0.05) is 148 Å². The number of rotatable bonds is 38. The van der Waals surface area contributed by atoms with Crippen LogP contribution in [0.25, 0.3) is 0 Å². The average Bonchev–Trinajstić information content (AvgIpc) is 3.10. The summed E-state index contributed by atoms with van der Waals surface area (Å²) in [7, 11) is -4.61. The number of unbranched alkanes of at least 4 members (excludes halogenated alkanes) is 22. The van der Waals surface area contributed by atoms with Gasteiger partial charge in [0.25, 0.3) is 0 Å². The van der Waals surface area contributed by atoms with Crippen LogP contribution in [0.5, 0.6) is 0 Å². The van der Waals surface area contributed by atoms with E-state index in [2.05, 4.69) is 30.5 Å². The summed E-state index contributed by atoms with van der Waals surface area (Å²) in [6.07, 6.45) is 31.8. The first-order chi connectivity index (χ1) is 24.2. The van der Waals surface area contributed by atoms with E-state index in [0.29, 0.717) is 12.8 Å². The van der Waals surface area contributed by atoms with Gasteiger partial charge in [-0.3, -0.25) is 18.6 Å². The average molecular weight is 735 g/mol. The molecule has 3 atom stereocenters. The third kappa shape index (κ3) is 35.1. The van der Waals surface area contributed by atoms with Gasteiger partial charge in [0.2, 0.25) is 0 Å². The Kier molecular flexibility index (Phi) is 35.2. The molecule has 0 heterocycles. The maximum atomic E-state index is 12.6. The first kappa shape index (κ1) is 48.7. The maximum Gasteiger partial charge on any atom is 0.472 e. The second-order valence-electron chi connectivity index (χ2n) is 13.7. The number of allylic oxidation sites excluding steroid dienone is 2. The lowest BCUT2D eigenvalue weighted by Crippen LogP contribution is -2.29. The van der Waals surface area contributed by atoms with Crippen LogP contribution in [0.1, 0.15) is 187 Å². The van der Waals surface area contributed by atoms with E-state index in [1.807, 2.05) is 0 Å². The Labute approximate surface area is 305 Å². The number of aliphatic hydroxyl groups is 2. The van der Waals surface area contributed by atoms with E-state index in [1.165, 1.54) is 103 Å². The molecule has 3 N–H and O–H groups in total. The lowest BCUT2D eigenvalue weighted by atomic mass is 10.1. The van der Waals surface area contributed by atoms with Gasteiger partial charge in [-0.05, 0) is 38.5 Å². The predicted molar refractivity (Wildman–Crippen MR) is 201 cm³/mol. The van der Waals surface area contributed by atoms with Crippen LogP contribution in [0, 0.1) is 0 Å². The van der Waals surface area contributed by atoms with Crippen molar-refractivity contribution in [3.63, 3.8) is 0 Å². The number of hydrogen-bond donors (Lipinski definition) is 3. The second-order valence-corrected chi connectivity index (χ2v) is 15.1. The molecule has 0 bridgehead atoms. The lowest BCUT2D eigenvalue weighted by molar-refractivity contribution is -0.161. The molecule has 0 spiro atoms. The molecular formula is C39H75O10P. The van der Waals surface area contributed by atoms with Crippen LogP contribution in [0.2, 0.25) is 0 Å². The van der Waals surface area contributed by atoms with Crippen LogP contribution in [0.3, 0.4) is 0 Å². The van der Waals surface area contributed by atoms with Gasteiger partial charge in [0.15, 0.2) is 6.10 Å². The Morgan fingerprint density at radius 3 is 1.44 bits per heavy atom. The topological polar surface area (TPSA) is 149 Å². The molecule has 0 aliphatic rings. The van der Waals surface area contributed by atoms with Crippen molar-refractivity contribution in [1.82, 2.24) is 0 Å². The predicted octanol–water partition coefficient (Wildman–Crippen LogP) is 10.1. The summed E-state index contributed by atoms with van der Waals surface area (Å²) < 4.78 is 32.6.